The van der Waals surface area contributed by atoms with Crippen molar-refractivity contribution in [2.24, 2.45) is 7.05 Å². The molecule has 0 aliphatic carbocycles. The Labute approximate surface area is 78.0 Å². The van der Waals surface area contributed by atoms with Crippen molar-refractivity contribution in [3.63, 3.8) is 0 Å². The summed E-state index contributed by atoms with van der Waals surface area (Å²) in [6, 6.07) is 0. The van der Waals surface area contributed by atoms with Crippen LogP contribution < -0.4 is 17.1 Å². The minimum atomic E-state index is -1.40. The van der Waals surface area contributed by atoms with Gasteiger partial charge in [-0.25, -0.2) is 9.59 Å². The van der Waals surface area contributed by atoms with Gasteiger partial charge in [0, 0.05) is 12.7 Å². The van der Waals surface area contributed by atoms with Crippen LogP contribution in [0.25, 0.3) is 0 Å². The number of aromatic carboxylic acids is 1. The molecule has 0 bridgehead atoms. The molecule has 0 aliphatic rings. The summed E-state index contributed by atoms with van der Waals surface area (Å²) in [5.74, 6) is 3.70. The second kappa shape index (κ2) is 3.02. The summed E-state index contributed by atoms with van der Waals surface area (Å²) in [6.07, 6.45) is 0. The van der Waals surface area contributed by atoms with E-state index in [2.05, 4.69) is 0 Å². The van der Waals surface area contributed by atoms with Gasteiger partial charge in [-0.1, -0.05) is 0 Å². The van der Waals surface area contributed by atoms with Crippen molar-refractivity contribution in [3.8, 4) is 0 Å². The van der Waals surface area contributed by atoms with Gasteiger partial charge in [0.1, 0.15) is 5.56 Å². The van der Waals surface area contributed by atoms with Crippen LogP contribution in [0.15, 0.2) is 9.59 Å². The number of carboxylic acids is 1. The van der Waals surface area contributed by atoms with E-state index in [0.717, 1.165) is 4.57 Å². The highest BCUT2D eigenvalue weighted by atomic mass is 16.4. The van der Waals surface area contributed by atoms with Gasteiger partial charge in [-0.15, -0.1) is 0 Å². The van der Waals surface area contributed by atoms with Crippen molar-refractivity contribution in [2.45, 2.75) is 6.92 Å². The molecule has 0 aromatic carbocycles. The van der Waals surface area contributed by atoms with E-state index in [1.807, 2.05) is 0 Å². The van der Waals surface area contributed by atoms with Gasteiger partial charge in [0.05, 0.1) is 0 Å². The zero-order valence-corrected chi connectivity index (χ0v) is 7.64. The average Bonchev–Trinajstić information content (AvgIpc) is 2.11. The number of hydrogen-bond donors (Lipinski definition) is 2. The van der Waals surface area contributed by atoms with Crippen molar-refractivity contribution >= 4 is 5.97 Å². The maximum Gasteiger partial charge on any atom is 0.349 e. The maximum atomic E-state index is 11.2. The lowest BCUT2D eigenvalue weighted by Crippen LogP contribution is -2.47. The summed E-state index contributed by atoms with van der Waals surface area (Å²) in [7, 11) is 1.34. The third kappa shape index (κ3) is 1.18. The number of hydrogen-bond acceptors (Lipinski definition) is 4. The van der Waals surface area contributed by atoms with E-state index >= 15 is 0 Å². The molecule has 0 fully saturated rings. The molecule has 1 rings (SSSR count). The summed E-state index contributed by atoms with van der Waals surface area (Å²) < 4.78 is 1.28. The van der Waals surface area contributed by atoms with Crippen molar-refractivity contribution in [1.82, 2.24) is 9.24 Å². The SMILES string of the molecule is Cc1c(C(=O)O)c(=O)n(N)c(=O)n1C. The minimum absolute atomic E-state index is 0.0780. The fourth-order valence-electron chi connectivity index (χ4n) is 1.08. The van der Waals surface area contributed by atoms with E-state index in [0.29, 0.717) is 0 Å². The van der Waals surface area contributed by atoms with Crippen LogP contribution >= 0.6 is 0 Å². The van der Waals surface area contributed by atoms with E-state index < -0.39 is 22.8 Å². The van der Waals surface area contributed by atoms with Crippen molar-refractivity contribution in [3.05, 3.63) is 32.1 Å². The van der Waals surface area contributed by atoms with Gasteiger partial charge >= 0.3 is 11.7 Å². The van der Waals surface area contributed by atoms with Crippen LogP contribution in [0.5, 0.6) is 0 Å². The third-order valence-corrected chi connectivity index (χ3v) is 2.00. The summed E-state index contributed by atoms with van der Waals surface area (Å²) in [5, 5.41) is 8.70. The van der Waals surface area contributed by atoms with E-state index in [9.17, 15) is 14.4 Å². The van der Waals surface area contributed by atoms with Crippen molar-refractivity contribution < 1.29 is 9.90 Å². The Morgan fingerprint density at radius 3 is 2.36 bits per heavy atom. The lowest BCUT2D eigenvalue weighted by molar-refractivity contribution is 0.0692. The van der Waals surface area contributed by atoms with Gasteiger partial charge in [-0.05, 0) is 6.92 Å². The summed E-state index contributed by atoms with van der Waals surface area (Å²) >= 11 is 0. The van der Waals surface area contributed by atoms with Crippen LogP contribution in [-0.4, -0.2) is 20.3 Å². The second-order valence-electron chi connectivity index (χ2n) is 2.78. The predicted molar refractivity (Wildman–Crippen MR) is 47.8 cm³/mol. The van der Waals surface area contributed by atoms with Gasteiger partial charge in [0.2, 0.25) is 0 Å². The molecule has 7 nitrogen and oxygen atoms in total. The number of nitrogens with zero attached hydrogens (tertiary/aromatic N) is 2. The first-order valence-corrected chi connectivity index (χ1v) is 3.69. The van der Waals surface area contributed by atoms with Crippen LogP contribution in [0, 0.1) is 6.92 Å². The molecule has 0 aliphatic heterocycles. The largest absolute Gasteiger partial charge is 0.477 e. The molecule has 3 N–H and O–H groups in total. The van der Waals surface area contributed by atoms with Crippen LogP contribution in [0.2, 0.25) is 0 Å². The predicted octanol–water partition coefficient (Wildman–Crippen LogP) is -1.73. The normalized spacial score (nSPS) is 10.1. The van der Waals surface area contributed by atoms with Gasteiger partial charge in [0.25, 0.3) is 5.56 Å². The topological polar surface area (TPSA) is 107 Å². The molecular weight excluding hydrogens is 190 g/mol. The summed E-state index contributed by atoms with van der Waals surface area (Å²) in [4.78, 5) is 33.1. The second-order valence-corrected chi connectivity index (χ2v) is 2.78. The molecule has 1 aromatic heterocycles. The Hall–Kier alpha value is -2.05. The van der Waals surface area contributed by atoms with E-state index in [4.69, 9.17) is 10.9 Å². The smallest absolute Gasteiger partial charge is 0.349 e. The molecular formula is C7H9N3O4. The number of carboxylic acid groups (broad SMARTS) is 1. The Morgan fingerprint density at radius 2 is 1.93 bits per heavy atom. The highest BCUT2D eigenvalue weighted by Crippen LogP contribution is 1.97. The van der Waals surface area contributed by atoms with Crippen LogP contribution in [0.3, 0.4) is 0 Å². The molecule has 0 radical (unpaired) electrons. The van der Waals surface area contributed by atoms with E-state index in [-0.39, 0.29) is 10.4 Å². The maximum absolute atomic E-state index is 11.2. The first-order chi connectivity index (χ1) is 6.37. The molecule has 0 saturated carbocycles. The zero-order chi connectivity index (χ0) is 11.0. The highest BCUT2D eigenvalue weighted by Gasteiger charge is 2.18. The Bertz CT molecular complexity index is 511. The Balaban J connectivity index is 3.88. The lowest BCUT2D eigenvalue weighted by Gasteiger charge is -2.07. The van der Waals surface area contributed by atoms with Crippen molar-refractivity contribution in [1.29, 1.82) is 0 Å². The van der Waals surface area contributed by atoms with Gasteiger partial charge in [-0.3, -0.25) is 9.36 Å². The highest BCUT2D eigenvalue weighted by molar-refractivity contribution is 5.88. The van der Waals surface area contributed by atoms with E-state index in [1.54, 1.807) is 0 Å². The Morgan fingerprint density at radius 1 is 1.43 bits per heavy atom. The number of carbonyl (C=O) groups is 1. The lowest BCUT2D eigenvalue weighted by atomic mass is 10.2. The zero-order valence-electron chi connectivity index (χ0n) is 7.64. The fraction of sp³-hybridized carbons (Fsp3) is 0.286. The quantitative estimate of drug-likeness (QED) is 0.522. The minimum Gasteiger partial charge on any atom is -0.477 e. The van der Waals surface area contributed by atoms with Gasteiger partial charge in [-0.2, -0.15) is 4.68 Å². The van der Waals surface area contributed by atoms with Crippen molar-refractivity contribution in [2.75, 3.05) is 5.84 Å². The molecule has 0 atom stereocenters. The first kappa shape index (κ1) is 10.0. The van der Waals surface area contributed by atoms with Crippen LogP contribution in [0.4, 0.5) is 0 Å². The van der Waals surface area contributed by atoms with Crippen LogP contribution in [-0.2, 0) is 7.05 Å². The molecule has 1 aromatic rings. The molecule has 1 heterocycles. The van der Waals surface area contributed by atoms with Gasteiger partial charge in [0.15, 0.2) is 0 Å². The third-order valence-electron chi connectivity index (χ3n) is 2.00. The molecule has 0 amide bonds. The van der Waals surface area contributed by atoms with Crippen LogP contribution in [0.1, 0.15) is 16.1 Å². The fourth-order valence-corrected chi connectivity index (χ4v) is 1.08. The van der Waals surface area contributed by atoms with E-state index in [1.165, 1.54) is 14.0 Å². The summed E-state index contributed by atoms with van der Waals surface area (Å²) in [5.41, 5.74) is -2.17. The summed E-state index contributed by atoms with van der Waals surface area (Å²) in [6.45, 7) is 1.37. The van der Waals surface area contributed by atoms with Gasteiger partial charge < -0.3 is 10.9 Å². The standard InChI is InChI=1S/C7H9N3O4/c1-3-4(6(12)13)5(11)10(8)7(14)9(3)2/h8H2,1-2H3,(H,12,13). The molecule has 7 heteroatoms. The number of aromatic nitrogens is 2. The Kier molecular flexibility index (Phi) is 2.16. The monoisotopic (exact) mass is 199 g/mol. The number of nitrogens with two attached hydrogens (primary N) is 1. The number of rotatable bonds is 1. The molecule has 14 heavy (non-hydrogen) atoms. The first-order valence-electron chi connectivity index (χ1n) is 3.69. The molecule has 76 valence electrons. The molecule has 0 unspecified atom stereocenters. The molecule has 0 spiro atoms. The number of nitrogen functional groups attached to an aromatic ring is 1. The average molecular weight is 199 g/mol. The molecule has 0 saturated heterocycles.